The molecule has 1 aromatic carbocycles. The third-order valence-electron chi connectivity index (χ3n) is 4.38. The van der Waals surface area contributed by atoms with Gasteiger partial charge < -0.3 is 4.74 Å². The molecular weight excluding hydrogens is 380 g/mol. The molecule has 0 aliphatic rings. The quantitative estimate of drug-likeness (QED) is 0.516. The molecule has 0 N–H and O–H groups in total. The van der Waals surface area contributed by atoms with Gasteiger partial charge in [0.05, 0.1) is 5.69 Å². The van der Waals surface area contributed by atoms with Crippen LogP contribution in [0.25, 0.3) is 0 Å². The highest BCUT2D eigenvalue weighted by molar-refractivity contribution is 9.10. The Morgan fingerprint density at radius 1 is 1.12 bits per heavy atom. The largest absolute Gasteiger partial charge is 0.484 e. The summed E-state index contributed by atoms with van der Waals surface area (Å²) in [7, 11) is 0. The van der Waals surface area contributed by atoms with Crippen LogP contribution >= 0.6 is 15.9 Å². The number of hydrogen-bond donors (Lipinski definition) is 0. The second-order valence-electron chi connectivity index (χ2n) is 6.36. The summed E-state index contributed by atoms with van der Waals surface area (Å²) in [5, 5.41) is 4.43. The SMILES string of the molecule is CCCCCCCc1c(C)nn(C(=O)COc2ccc(Br)cc2)c1C. The van der Waals surface area contributed by atoms with E-state index in [1.165, 1.54) is 35.9 Å². The molecule has 1 heterocycles. The molecule has 2 aromatic rings. The van der Waals surface area contributed by atoms with Crippen molar-refractivity contribution in [1.29, 1.82) is 0 Å². The van der Waals surface area contributed by atoms with Gasteiger partial charge in [-0.3, -0.25) is 4.79 Å². The summed E-state index contributed by atoms with van der Waals surface area (Å²) < 4.78 is 8.05. The number of benzene rings is 1. The number of aromatic nitrogens is 2. The maximum absolute atomic E-state index is 12.5. The minimum Gasteiger partial charge on any atom is -0.484 e. The molecule has 1 aromatic heterocycles. The topological polar surface area (TPSA) is 44.1 Å². The molecule has 0 aliphatic heterocycles. The molecule has 0 saturated carbocycles. The highest BCUT2D eigenvalue weighted by Crippen LogP contribution is 2.18. The normalized spacial score (nSPS) is 10.9. The summed E-state index contributed by atoms with van der Waals surface area (Å²) in [4.78, 5) is 12.5. The first-order valence-corrected chi connectivity index (χ1v) is 9.79. The van der Waals surface area contributed by atoms with E-state index in [1.54, 1.807) is 0 Å². The predicted octanol–water partition coefficient (Wildman–Crippen LogP) is 5.49. The number of aryl methyl sites for hydroxylation is 1. The molecular formula is C20H27BrN2O2. The average Bonchev–Trinajstić information content (AvgIpc) is 2.89. The van der Waals surface area contributed by atoms with Crippen molar-refractivity contribution in [2.45, 2.75) is 59.3 Å². The summed E-state index contributed by atoms with van der Waals surface area (Å²) in [6.07, 6.45) is 7.20. The van der Waals surface area contributed by atoms with Crippen molar-refractivity contribution in [1.82, 2.24) is 9.78 Å². The Morgan fingerprint density at radius 3 is 2.48 bits per heavy atom. The van der Waals surface area contributed by atoms with Crippen LogP contribution in [0.1, 0.15) is 60.8 Å². The number of halogens is 1. The second-order valence-corrected chi connectivity index (χ2v) is 7.28. The molecule has 2 rings (SSSR count). The summed E-state index contributed by atoms with van der Waals surface area (Å²) in [5.41, 5.74) is 3.09. The van der Waals surface area contributed by atoms with Crippen LogP contribution in [0.3, 0.4) is 0 Å². The van der Waals surface area contributed by atoms with E-state index in [2.05, 4.69) is 28.0 Å². The average molecular weight is 407 g/mol. The van der Waals surface area contributed by atoms with E-state index in [-0.39, 0.29) is 12.5 Å². The molecule has 0 atom stereocenters. The molecule has 0 fully saturated rings. The first-order chi connectivity index (χ1) is 12.0. The summed E-state index contributed by atoms with van der Waals surface area (Å²) >= 11 is 3.38. The van der Waals surface area contributed by atoms with E-state index in [4.69, 9.17) is 4.74 Å². The van der Waals surface area contributed by atoms with Crippen LogP contribution < -0.4 is 4.74 Å². The molecule has 5 heteroatoms. The lowest BCUT2D eigenvalue weighted by atomic mass is 10.0. The van der Waals surface area contributed by atoms with Gasteiger partial charge >= 0.3 is 0 Å². The Kier molecular flexibility index (Phi) is 7.69. The van der Waals surface area contributed by atoms with Crippen molar-refractivity contribution in [3.63, 3.8) is 0 Å². The van der Waals surface area contributed by atoms with E-state index in [1.807, 2.05) is 38.1 Å². The first kappa shape index (κ1) is 19.7. The molecule has 0 saturated heterocycles. The zero-order valence-electron chi connectivity index (χ0n) is 15.3. The van der Waals surface area contributed by atoms with Crippen LogP contribution in [0, 0.1) is 13.8 Å². The molecule has 4 nitrogen and oxygen atoms in total. The van der Waals surface area contributed by atoms with Crippen molar-refractivity contribution in [2.24, 2.45) is 0 Å². The lowest BCUT2D eigenvalue weighted by Gasteiger charge is -2.07. The van der Waals surface area contributed by atoms with Crippen molar-refractivity contribution < 1.29 is 9.53 Å². The molecule has 0 spiro atoms. The summed E-state index contributed by atoms with van der Waals surface area (Å²) in [6.45, 7) is 6.16. The fraction of sp³-hybridized carbons (Fsp3) is 0.500. The Hall–Kier alpha value is -1.62. The Bertz CT molecular complexity index is 692. The summed E-state index contributed by atoms with van der Waals surface area (Å²) in [6, 6.07) is 7.44. The lowest BCUT2D eigenvalue weighted by Crippen LogP contribution is -2.21. The van der Waals surface area contributed by atoms with Crippen LogP contribution in [0.5, 0.6) is 5.75 Å². The maximum atomic E-state index is 12.5. The van der Waals surface area contributed by atoms with E-state index >= 15 is 0 Å². The van der Waals surface area contributed by atoms with E-state index in [0.717, 1.165) is 28.7 Å². The number of nitrogens with zero attached hydrogens (tertiary/aromatic N) is 2. The number of carbonyl (C=O) groups excluding carboxylic acids is 1. The third-order valence-corrected chi connectivity index (χ3v) is 4.91. The Labute approximate surface area is 158 Å². The van der Waals surface area contributed by atoms with Crippen molar-refractivity contribution in [3.8, 4) is 5.75 Å². The highest BCUT2D eigenvalue weighted by atomic mass is 79.9. The molecule has 136 valence electrons. The van der Waals surface area contributed by atoms with Gasteiger partial charge in [0.25, 0.3) is 5.91 Å². The smallest absolute Gasteiger partial charge is 0.284 e. The second kappa shape index (κ2) is 9.76. The van der Waals surface area contributed by atoms with Gasteiger partial charge in [-0.2, -0.15) is 5.10 Å². The minimum absolute atomic E-state index is 0.0144. The van der Waals surface area contributed by atoms with Gasteiger partial charge in [-0.15, -0.1) is 0 Å². The van der Waals surface area contributed by atoms with Crippen LogP contribution in [0.4, 0.5) is 0 Å². The zero-order valence-corrected chi connectivity index (χ0v) is 16.9. The molecule has 0 amide bonds. The number of hydrogen-bond acceptors (Lipinski definition) is 3. The van der Waals surface area contributed by atoms with Gasteiger partial charge in [0.1, 0.15) is 5.75 Å². The van der Waals surface area contributed by atoms with Crippen molar-refractivity contribution in [2.75, 3.05) is 6.61 Å². The van der Waals surface area contributed by atoms with Crippen LogP contribution in [0.2, 0.25) is 0 Å². The molecule has 25 heavy (non-hydrogen) atoms. The fourth-order valence-corrected chi connectivity index (χ4v) is 3.19. The van der Waals surface area contributed by atoms with Crippen LogP contribution in [-0.2, 0) is 6.42 Å². The van der Waals surface area contributed by atoms with Gasteiger partial charge in [0, 0.05) is 10.2 Å². The van der Waals surface area contributed by atoms with E-state index in [9.17, 15) is 4.79 Å². The molecule has 0 radical (unpaired) electrons. The molecule has 0 bridgehead atoms. The monoisotopic (exact) mass is 406 g/mol. The standard InChI is InChI=1S/C20H27BrN2O2/c1-4-5-6-7-8-9-19-15(2)22-23(16(19)3)20(24)14-25-18-12-10-17(21)11-13-18/h10-13H,4-9,14H2,1-3H3. The van der Waals surface area contributed by atoms with Gasteiger partial charge in [0.2, 0.25) is 0 Å². The van der Waals surface area contributed by atoms with Crippen LogP contribution in [0.15, 0.2) is 28.7 Å². The number of unbranched alkanes of at least 4 members (excludes halogenated alkanes) is 4. The number of carbonyl (C=O) groups is 1. The first-order valence-electron chi connectivity index (χ1n) is 8.99. The van der Waals surface area contributed by atoms with Crippen molar-refractivity contribution in [3.05, 3.63) is 45.7 Å². The van der Waals surface area contributed by atoms with Gasteiger partial charge in [-0.1, -0.05) is 48.5 Å². The minimum atomic E-state index is -0.138. The van der Waals surface area contributed by atoms with E-state index < -0.39 is 0 Å². The zero-order chi connectivity index (χ0) is 18.2. The lowest BCUT2D eigenvalue weighted by molar-refractivity contribution is 0.0818. The number of ether oxygens (including phenoxy) is 1. The molecule has 0 unspecified atom stereocenters. The Balaban J connectivity index is 1.93. The fourth-order valence-electron chi connectivity index (χ4n) is 2.92. The van der Waals surface area contributed by atoms with Gasteiger partial charge in [0.15, 0.2) is 6.61 Å². The predicted molar refractivity (Wildman–Crippen MR) is 104 cm³/mol. The van der Waals surface area contributed by atoms with Gasteiger partial charge in [-0.05, 0) is 56.5 Å². The van der Waals surface area contributed by atoms with Gasteiger partial charge in [-0.25, -0.2) is 4.68 Å². The highest BCUT2D eigenvalue weighted by Gasteiger charge is 2.16. The maximum Gasteiger partial charge on any atom is 0.284 e. The third kappa shape index (κ3) is 5.70. The Morgan fingerprint density at radius 2 is 1.80 bits per heavy atom. The molecule has 0 aliphatic carbocycles. The summed E-state index contributed by atoms with van der Waals surface area (Å²) in [5.74, 6) is 0.537. The number of rotatable bonds is 9. The van der Waals surface area contributed by atoms with Crippen LogP contribution in [-0.4, -0.2) is 22.3 Å². The van der Waals surface area contributed by atoms with E-state index in [0.29, 0.717) is 5.75 Å². The van der Waals surface area contributed by atoms with Crippen molar-refractivity contribution >= 4 is 21.8 Å².